The molecule has 0 N–H and O–H groups in total. The van der Waals surface area contributed by atoms with Gasteiger partial charge in [-0.25, -0.2) is 0 Å². The Morgan fingerprint density at radius 1 is 1.29 bits per heavy atom. The topological polar surface area (TPSA) is 59.5 Å². The number of amides is 1. The van der Waals surface area contributed by atoms with E-state index in [0.29, 0.717) is 25.3 Å². The second-order valence-electron chi connectivity index (χ2n) is 6.24. The van der Waals surface area contributed by atoms with Crippen molar-refractivity contribution in [3.8, 4) is 0 Å². The van der Waals surface area contributed by atoms with Crippen LogP contribution in [0.5, 0.6) is 0 Å². The first-order valence-corrected chi connectivity index (χ1v) is 7.66. The van der Waals surface area contributed by atoms with Crippen molar-refractivity contribution >= 4 is 11.9 Å². The predicted octanol–water partition coefficient (Wildman–Crippen LogP) is 1.21. The molecule has 0 aromatic carbocycles. The Hall–Kier alpha value is -1.91. The summed E-state index contributed by atoms with van der Waals surface area (Å²) in [6, 6.07) is 2.00. The van der Waals surface area contributed by atoms with Crippen molar-refractivity contribution in [1.29, 1.82) is 0 Å². The van der Waals surface area contributed by atoms with Crippen molar-refractivity contribution in [2.24, 2.45) is 11.8 Å². The lowest BCUT2D eigenvalue weighted by atomic mass is 9.95. The lowest BCUT2D eigenvalue weighted by molar-refractivity contribution is -0.141. The number of fused-ring (bicyclic) bond motifs is 2. The van der Waals surface area contributed by atoms with Crippen LogP contribution in [0.25, 0.3) is 0 Å². The van der Waals surface area contributed by atoms with E-state index in [4.69, 9.17) is 4.74 Å². The summed E-state index contributed by atoms with van der Waals surface area (Å²) in [7, 11) is 0. The minimum atomic E-state index is -0.154. The average molecular weight is 286 g/mol. The summed E-state index contributed by atoms with van der Waals surface area (Å²) in [6.07, 6.45) is 6.08. The molecular formula is C16H18N2O3. The van der Waals surface area contributed by atoms with E-state index < -0.39 is 0 Å². The molecule has 2 saturated heterocycles. The second kappa shape index (κ2) is 4.83. The Morgan fingerprint density at radius 2 is 2.14 bits per heavy atom. The number of aromatic nitrogens is 1. The molecule has 110 valence electrons. The highest BCUT2D eigenvalue weighted by atomic mass is 16.5. The normalized spacial score (nSPS) is 27.2. The predicted molar refractivity (Wildman–Crippen MR) is 74.7 cm³/mol. The molecule has 2 aliphatic heterocycles. The van der Waals surface area contributed by atoms with Crippen LogP contribution in [0.15, 0.2) is 12.3 Å². The number of hydrogen-bond acceptors (Lipinski definition) is 4. The van der Waals surface area contributed by atoms with Gasteiger partial charge in [-0.3, -0.25) is 14.6 Å². The number of pyridine rings is 1. The first-order valence-electron chi connectivity index (χ1n) is 7.66. The van der Waals surface area contributed by atoms with Gasteiger partial charge in [0, 0.05) is 30.9 Å². The zero-order chi connectivity index (χ0) is 14.4. The lowest BCUT2D eigenvalue weighted by Crippen LogP contribution is -2.31. The third kappa shape index (κ3) is 2.11. The molecular weight excluding hydrogens is 268 g/mol. The Kier molecular flexibility index (Phi) is 2.94. The minimum Gasteiger partial charge on any atom is -0.465 e. The van der Waals surface area contributed by atoms with Crippen LogP contribution in [-0.2, 0) is 22.4 Å². The van der Waals surface area contributed by atoms with Crippen LogP contribution in [0, 0.1) is 11.8 Å². The molecule has 1 amide bonds. The van der Waals surface area contributed by atoms with Gasteiger partial charge in [0.15, 0.2) is 0 Å². The van der Waals surface area contributed by atoms with Gasteiger partial charge in [0.25, 0.3) is 5.91 Å². The maximum atomic E-state index is 12.6. The number of ether oxygens (including phenoxy) is 1. The molecule has 3 aliphatic rings. The summed E-state index contributed by atoms with van der Waals surface area (Å²) in [4.78, 5) is 30.4. The molecule has 21 heavy (non-hydrogen) atoms. The molecule has 0 radical (unpaired) electrons. The van der Waals surface area contributed by atoms with E-state index in [-0.39, 0.29) is 23.7 Å². The van der Waals surface area contributed by atoms with Crippen LogP contribution in [-0.4, -0.2) is 41.5 Å². The van der Waals surface area contributed by atoms with E-state index in [1.807, 2.05) is 6.07 Å². The van der Waals surface area contributed by atoms with Crippen LogP contribution in [0.2, 0.25) is 0 Å². The first-order chi connectivity index (χ1) is 10.2. The monoisotopic (exact) mass is 286 g/mol. The zero-order valence-electron chi connectivity index (χ0n) is 11.9. The molecule has 0 bridgehead atoms. The fourth-order valence-corrected chi connectivity index (χ4v) is 3.66. The summed E-state index contributed by atoms with van der Waals surface area (Å²) in [5.41, 5.74) is 3.01. The van der Waals surface area contributed by atoms with Crippen LogP contribution in [0.1, 0.15) is 34.5 Å². The summed E-state index contributed by atoms with van der Waals surface area (Å²) in [6.45, 7) is 1.56. The number of aryl methyl sites for hydroxylation is 2. The molecule has 1 aromatic heterocycles. The summed E-state index contributed by atoms with van der Waals surface area (Å²) < 4.78 is 5.04. The lowest BCUT2D eigenvalue weighted by Gasteiger charge is -2.19. The SMILES string of the molecule is O=C1OC[C@H]2CN(C(=O)c3cnc4c(c3)CCCC4)C[C@@H]12. The molecule has 0 spiro atoms. The van der Waals surface area contributed by atoms with Gasteiger partial charge in [0.05, 0.1) is 18.1 Å². The van der Waals surface area contributed by atoms with Crippen molar-refractivity contribution in [3.63, 3.8) is 0 Å². The molecule has 4 rings (SSSR count). The van der Waals surface area contributed by atoms with E-state index in [0.717, 1.165) is 18.5 Å². The van der Waals surface area contributed by atoms with E-state index in [1.165, 1.54) is 18.4 Å². The fourth-order valence-electron chi connectivity index (χ4n) is 3.66. The largest absolute Gasteiger partial charge is 0.465 e. The summed E-state index contributed by atoms with van der Waals surface area (Å²) in [5.74, 6) is -0.108. The van der Waals surface area contributed by atoms with E-state index in [1.54, 1.807) is 11.1 Å². The molecule has 5 nitrogen and oxygen atoms in total. The number of esters is 1. The highest BCUT2D eigenvalue weighted by molar-refractivity contribution is 5.95. The van der Waals surface area contributed by atoms with Gasteiger partial charge >= 0.3 is 5.97 Å². The van der Waals surface area contributed by atoms with Gasteiger partial charge in [-0.2, -0.15) is 0 Å². The summed E-state index contributed by atoms with van der Waals surface area (Å²) >= 11 is 0. The van der Waals surface area contributed by atoms with Gasteiger partial charge in [0.2, 0.25) is 0 Å². The van der Waals surface area contributed by atoms with Crippen molar-refractivity contribution in [2.75, 3.05) is 19.7 Å². The Balaban J connectivity index is 1.54. The molecule has 0 saturated carbocycles. The maximum Gasteiger partial charge on any atom is 0.311 e. The first kappa shape index (κ1) is 12.8. The molecule has 3 heterocycles. The van der Waals surface area contributed by atoms with Crippen LogP contribution in [0.3, 0.4) is 0 Å². The fraction of sp³-hybridized carbons (Fsp3) is 0.562. The highest BCUT2D eigenvalue weighted by Crippen LogP contribution is 2.31. The smallest absolute Gasteiger partial charge is 0.311 e. The number of rotatable bonds is 1. The molecule has 2 fully saturated rings. The third-order valence-corrected chi connectivity index (χ3v) is 4.89. The van der Waals surface area contributed by atoms with Crippen LogP contribution in [0.4, 0.5) is 0 Å². The zero-order valence-corrected chi connectivity index (χ0v) is 11.9. The van der Waals surface area contributed by atoms with Crippen LogP contribution < -0.4 is 0 Å². The number of carbonyl (C=O) groups excluding carboxylic acids is 2. The Bertz CT molecular complexity index is 614. The van der Waals surface area contributed by atoms with Crippen molar-refractivity contribution < 1.29 is 14.3 Å². The van der Waals surface area contributed by atoms with E-state index in [9.17, 15) is 9.59 Å². The van der Waals surface area contributed by atoms with Crippen molar-refractivity contribution in [3.05, 3.63) is 29.1 Å². The van der Waals surface area contributed by atoms with E-state index in [2.05, 4.69) is 4.98 Å². The van der Waals surface area contributed by atoms with Gasteiger partial charge in [-0.05, 0) is 37.3 Å². The average Bonchev–Trinajstić information content (AvgIpc) is 3.08. The van der Waals surface area contributed by atoms with E-state index >= 15 is 0 Å². The quantitative estimate of drug-likeness (QED) is 0.728. The number of hydrogen-bond donors (Lipinski definition) is 0. The third-order valence-electron chi connectivity index (χ3n) is 4.89. The van der Waals surface area contributed by atoms with Crippen molar-refractivity contribution in [1.82, 2.24) is 9.88 Å². The van der Waals surface area contributed by atoms with Gasteiger partial charge in [-0.1, -0.05) is 0 Å². The molecule has 0 unspecified atom stereocenters. The number of cyclic esters (lactones) is 1. The van der Waals surface area contributed by atoms with Gasteiger partial charge in [-0.15, -0.1) is 0 Å². The Morgan fingerprint density at radius 3 is 3.00 bits per heavy atom. The van der Waals surface area contributed by atoms with Gasteiger partial charge in [0.1, 0.15) is 0 Å². The standard InChI is InChI=1S/C16H18N2O3/c19-15(18-7-12-9-21-16(20)13(12)8-18)11-5-10-3-1-2-4-14(10)17-6-11/h5-6,12-13H,1-4,7-9H2/t12-,13-/m1/s1. The highest BCUT2D eigenvalue weighted by Gasteiger charge is 2.45. The van der Waals surface area contributed by atoms with Gasteiger partial charge < -0.3 is 9.64 Å². The Labute approximate surface area is 123 Å². The number of likely N-dealkylation sites (tertiary alicyclic amines) is 1. The summed E-state index contributed by atoms with van der Waals surface area (Å²) in [5, 5.41) is 0. The molecule has 1 aliphatic carbocycles. The molecule has 1 aromatic rings. The van der Waals surface area contributed by atoms with Crippen LogP contribution >= 0.6 is 0 Å². The number of carbonyl (C=O) groups is 2. The number of nitrogens with zero attached hydrogens (tertiary/aromatic N) is 2. The van der Waals surface area contributed by atoms with Crippen molar-refractivity contribution in [2.45, 2.75) is 25.7 Å². The minimum absolute atomic E-state index is 0.00178. The maximum absolute atomic E-state index is 12.6. The second-order valence-corrected chi connectivity index (χ2v) is 6.24. The molecule has 5 heteroatoms. The molecule has 2 atom stereocenters.